The zero-order valence-corrected chi connectivity index (χ0v) is 21.0. The van der Waals surface area contributed by atoms with Crippen LogP contribution in [0.15, 0.2) is 48.5 Å². The van der Waals surface area contributed by atoms with Gasteiger partial charge in [0.1, 0.15) is 6.04 Å². The zero-order valence-electron chi connectivity index (χ0n) is 20.2. The molecule has 1 N–H and O–H groups in total. The average molecular weight is 457 g/mol. The van der Waals surface area contributed by atoms with Gasteiger partial charge in [-0.1, -0.05) is 81.8 Å². The monoisotopic (exact) mass is 456 g/mol. The first kappa shape index (κ1) is 25.9. The smallest absolute Gasteiger partial charge is 0.242 e. The Bertz CT molecular complexity index is 903. The Balaban J connectivity index is 2.15. The van der Waals surface area contributed by atoms with Crippen LogP contribution in [0.1, 0.15) is 71.1 Å². The van der Waals surface area contributed by atoms with Crippen LogP contribution < -0.4 is 5.32 Å². The lowest BCUT2D eigenvalue weighted by molar-refractivity contribution is -0.140. The van der Waals surface area contributed by atoms with Crippen LogP contribution in [0.25, 0.3) is 0 Å². The third-order valence-electron chi connectivity index (χ3n) is 5.91. The molecule has 2 atom stereocenters. The number of aryl methyl sites for hydroxylation is 1. The molecule has 0 aliphatic heterocycles. The molecular formula is C27H37ClN2O2. The van der Waals surface area contributed by atoms with Gasteiger partial charge in [0.25, 0.3) is 0 Å². The van der Waals surface area contributed by atoms with Crippen molar-refractivity contribution in [3.8, 4) is 0 Å². The molecule has 2 aromatic carbocycles. The molecule has 5 heteroatoms. The Labute approximate surface area is 198 Å². The lowest BCUT2D eigenvalue weighted by Gasteiger charge is -2.30. The van der Waals surface area contributed by atoms with Crippen LogP contribution in [0.5, 0.6) is 0 Å². The molecule has 0 aromatic heterocycles. The molecule has 0 radical (unpaired) electrons. The number of benzene rings is 2. The molecule has 2 amide bonds. The van der Waals surface area contributed by atoms with Crippen LogP contribution in [-0.2, 0) is 28.0 Å². The van der Waals surface area contributed by atoms with Gasteiger partial charge in [-0.3, -0.25) is 9.59 Å². The summed E-state index contributed by atoms with van der Waals surface area (Å²) in [6.45, 7) is 12.6. The summed E-state index contributed by atoms with van der Waals surface area (Å²) in [7, 11) is 0. The van der Waals surface area contributed by atoms with Crippen molar-refractivity contribution in [2.75, 3.05) is 0 Å². The van der Waals surface area contributed by atoms with Gasteiger partial charge < -0.3 is 10.2 Å². The number of carbonyl (C=O) groups excluding carboxylic acids is 2. The summed E-state index contributed by atoms with van der Waals surface area (Å²) in [4.78, 5) is 27.7. The minimum absolute atomic E-state index is 0.0587. The second-order valence-electron chi connectivity index (χ2n) is 9.55. The summed E-state index contributed by atoms with van der Waals surface area (Å²) >= 11 is 6.35. The SMILES string of the molecule is CCC(C)NC(=O)C(C)N(Cc1ccccc1Cl)C(=O)CCc1ccc(C(C)(C)C)cc1. The van der Waals surface area contributed by atoms with Crippen molar-refractivity contribution in [2.45, 2.75) is 84.8 Å². The molecule has 0 saturated carbocycles. The molecule has 2 aromatic rings. The summed E-state index contributed by atoms with van der Waals surface area (Å²) < 4.78 is 0. The minimum Gasteiger partial charge on any atom is -0.352 e. The summed E-state index contributed by atoms with van der Waals surface area (Å²) in [5, 5.41) is 3.59. The van der Waals surface area contributed by atoms with Crippen molar-refractivity contribution >= 4 is 23.4 Å². The van der Waals surface area contributed by atoms with Gasteiger partial charge in [0.15, 0.2) is 0 Å². The highest BCUT2D eigenvalue weighted by atomic mass is 35.5. The van der Waals surface area contributed by atoms with E-state index in [0.717, 1.165) is 17.5 Å². The molecule has 32 heavy (non-hydrogen) atoms. The van der Waals surface area contributed by atoms with E-state index in [1.54, 1.807) is 17.9 Å². The molecular weight excluding hydrogens is 420 g/mol. The highest BCUT2D eigenvalue weighted by Gasteiger charge is 2.27. The van der Waals surface area contributed by atoms with Gasteiger partial charge in [-0.05, 0) is 54.9 Å². The average Bonchev–Trinajstić information content (AvgIpc) is 2.76. The fraction of sp³-hybridized carbons (Fsp3) is 0.481. The molecule has 0 heterocycles. The predicted molar refractivity (Wildman–Crippen MR) is 133 cm³/mol. The number of carbonyl (C=O) groups is 2. The Morgan fingerprint density at radius 2 is 1.66 bits per heavy atom. The lowest BCUT2D eigenvalue weighted by Crippen LogP contribution is -2.49. The van der Waals surface area contributed by atoms with E-state index >= 15 is 0 Å². The second kappa shape index (κ2) is 11.5. The standard InChI is InChI=1S/C27H37ClN2O2/c1-7-19(2)29-26(32)20(3)30(18-22-10-8-9-11-24(22)28)25(31)17-14-21-12-15-23(16-13-21)27(4,5)6/h8-13,15-16,19-20H,7,14,17-18H2,1-6H3,(H,29,32). The van der Waals surface area contributed by atoms with Gasteiger partial charge in [0, 0.05) is 24.0 Å². The van der Waals surface area contributed by atoms with Crippen LogP contribution in [0.2, 0.25) is 5.02 Å². The van der Waals surface area contributed by atoms with Crippen molar-refractivity contribution in [3.63, 3.8) is 0 Å². The van der Waals surface area contributed by atoms with E-state index in [4.69, 9.17) is 11.6 Å². The predicted octanol–water partition coefficient (Wildman–Crippen LogP) is 5.90. The van der Waals surface area contributed by atoms with Gasteiger partial charge in [0.2, 0.25) is 11.8 Å². The Morgan fingerprint density at radius 1 is 1.03 bits per heavy atom. The molecule has 2 unspecified atom stereocenters. The maximum absolute atomic E-state index is 13.3. The fourth-order valence-corrected chi connectivity index (χ4v) is 3.62. The third-order valence-corrected chi connectivity index (χ3v) is 6.28. The van der Waals surface area contributed by atoms with E-state index in [1.165, 1.54) is 5.56 Å². The van der Waals surface area contributed by atoms with Crippen molar-refractivity contribution in [1.29, 1.82) is 0 Å². The van der Waals surface area contributed by atoms with Gasteiger partial charge in [-0.15, -0.1) is 0 Å². The van der Waals surface area contributed by atoms with Crippen molar-refractivity contribution in [2.24, 2.45) is 0 Å². The number of hydrogen-bond acceptors (Lipinski definition) is 2. The topological polar surface area (TPSA) is 49.4 Å². The molecule has 0 aliphatic carbocycles. The van der Waals surface area contributed by atoms with Crippen LogP contribution in [0.3, 0.4) is 0 Å². The summed E-state index contributed by atoms with van der Waals surface area (Å²) in [5.74, 6) is -0.203. The van der Waals surface area contributed by atoms with Crippen molar-refractivity contribution in [1.82, 2.24) is 10.2 Å². The van der Waals surface area contributed by atoms with Gasteiger partial charge in [-0.2, -0.15) is 0 Å². The molecule has 4 nitrogen and oxygen atoms in total. The number of amides is 2. The largest absolute Gasteiger partial charge is 0.352 e. The molecule has 2 rings (SSSR count). The van der Waals surface area contributed by atoms with Crippen LogP contribution in [0, 0.1) is 0 Å². The summed E-state index contributed by atoms with van der Waals surface area (Å²) in [6.07, 6.45) is 1.80. The lowest BCUT2D eigenvalue weighted by atomic mass is 9.86. The third kappa shape index (κ3) is 7.37. The summed E-state index contributed by atoms with van der Waals surface area (Å²) in [6, 6.07) is 15.4. The van der Waals surface area contributed by atoms with Crippen LogP contribution in [0.4, 0.5) is 0 Å². The number of nitrogens with zero attached hydrogens (tertiary/aromatic N) is 1. The molecule has 0 aliphatic rings. The first-order chi connectivity index (χ1) is 15.0. The van der Waals surface area contributed by atoms with E-state index < -0.39 is 6.04 Å². The first-order valence-electron chi connectivity index (χ1n) is 11.5. The van der Waals surface area contributed by atoms with Gasteiger partial charge in [0.05, 0.1) is 0 Å². The number of hydrogen-bond donors (Lipinski definition) is 1. The van der Waals surface area contributed by atoms with Crippen molar-refractivity contribution in [3.05, 3.63) is 70.2 Å². The maximum atomic E-state index is 13.3. The number of rotatable bonds is 9. The van der Waals surface area contributed by atoms with E-state index in [-0.39, 0.29) is 23.3 Å². The molecule has 0 bridgehead atoms. The van der Waals surface area contributed by atoms with Crippen molar-refractivity contribution < 1.29 is 9.59 Å². The summed E-state index contributed by atoms with van der Waals surface area (Å²) in [5.41, 5.74) is 3.31. The molecule has 0 saturated heterocycles. The van der Waals surface area contributed by atoms with Gasteiger partial charge >= 0.3 is 0 Å². The minimum atomic E-state index is -0.587. The van der Waals surface area contributed by atoms with Crippen LogP contribution >= 0.6 is 11.6 Å². The van der Waals surface area contributed by atoms with E-state index in [9.17, 15) is 9.59 Å². The zero-order chi connectivity index (χ0) is 23.9. The fourth-order valence-electron chi connectivity index (χ4n) is 3.42. The van der Waals surface area contributed by atoms with Crippen LogP contribution in [-0.4, -0.2) is 28.8 Å². The molecule has 174 valence electrons. The Morgan fingerprint density at radius 3 is 2.22 bits per heavy atom. The first-order valence-corrected chi connectivity index (χ1v) is 11.8. The van der Waals surface area contributed by atoms with E-state index in [1.807, 2.05) is 32.0 Å². The highest BCUT2D eigenvalue weighted by molar-refractivity contribution is 6.31. The Kier molecular flexibility index (Phi) is 9.33. The number of halogens is 1. The Hall–Kier alpha value is -2.33. The van der Waals surface area contributed by atoms with Gasteiger partial charge in [-0.25, -0.2) is 0 Å². The van der Waals surface area contributed by atoms with E-state index in [2.05, 4.69) is 50.4 Å². The molecule has 0 spiro atoms. The quantitative estimate of drug-likeness (QED) is 0.510. The molecule has 0 fully saturated rings. The number of nitrogens with one attached hydrogen (secondary N) is 1. The highest BCUT2D eigenvalue weighted by Crippen LogP contribution is 2.23. The maximum Gasteiger partial charge on any atom is 0.242 e. The van der Waals surface area contributed by atoms with E-state index in [0.29, 0.717) is 24.4 Å². The second-order valence-corrected chi connectivity index (χ2v) is 9.96. The normalized spacial score (nSPS) is 13.3.